The summed E-state index contributed by atoms with van der Waals surface area (Å²) in [5, 5.41) is 26.1. The first-order chi connectivity index (χ1) is 28.3. The Morgan fingerprint density at radius 2 is 1.85 bits per heavy atom. The van der Waals surface area contributed by atoms with Gasteiger partial charge in [-0.2, -0.15) is 10.2 Å². The number of nitrogens with one attached hydrogen (secondary N) is 2. The van der Waals surface area contributed by atoms with Crippen molar-refractivity contribution in [1.29, 1.82) is 0 Å². The number of likely N-dealkylation sites (tertiary alicyclic amines) is 1. The molecule has 0 bridgehead atoms. The molecule has 5 aromatic rings. The van der Waals surface area contributed by atoms with Crippen LogP contribution in [0.4, 0.5) is 36.1 Å². The summed E-state index contributed by atoms with van der Waals surface area (Å²) in [6, 6.07) is 10.0. The van der Waals surface area contributed by atoms with Crippen molar-refractivity contribution in [2.45, 2.75) is 65.0 Å². The minimum Gasteiger partial charge on any atom is -0.338 e. The van der Waals surface area contributed by atoms with Crippen LogP contribution in [0.3, 0.4) is 0 Å². The van der Waals surface area contributed by atoms with Gasteiger partial charge in [-0.25, -0.2) is 13.8 Å². The summed E-state index contributed by atoms with van der Waals surface area (Å²) in [6.07, 6.45) is 4.20. The number of rotatable bonds is 10. The third kappa shape index (κ3) is 8.03. The molecule has 3 amide bonds. The first kappa shape index (κ1) is 39.7. The predicted octanol–water partition coefficient (Wildman–Crippen LogP) is 6.41. The van der Waals surface area contributed by atoms with Crippen molar-refractivity contribution in [3.63, 3.8) is 0 Å². The number of nitro groups is 1. The van der Waals surface area contributed by atoms with Crippen molar-refractivity contribution in [3.8, 4) is 11.1 Å². The molecule has 0 radical (unpaired) electrons. The number of carbonyl (C=O) groups excluding carboxylic acids is 3. The number of piperidine rings is 1. The molecule has 8 rings (SSSR count). The molecule has 0 unspecified atom stereocenters. The number of halogens is 2. The highest BCUT2D eigenvalue weighted by atomic mass is 32.1. The molecule has 19 heteroatoms. The Bertz CT molecular complexity index is 2460. The summed E-state index contributed by atoms with van der Waals surface area (Å²) in [4.78, 5) is 59.8. The summed E-state index contributed by atoms with van der Waals surface area (Å²) in [7, 11) is 1.76. The van der Waals surface area contributed by atoms with Gasteiger partial charge in [-0.15, -0.1) is 0 Å². The number of anilines is 4. The van der Waals surface area contributed by atoms with E-state index in [9.17, 15) is 33.3 Å². The fraction of sp³-hybridized carbons (Fsp3) is 0.400. The van der Waals surface area contributed by atoms with Gasteiger partial charge in [-0.3, -0.25) is 44.1 Å². The molecule has 0 atom stereocenters. The van der Waals surface area contributed by atoms with Gasteiger partial charge in [0.1, 0.15) is 5.69 Å². The van der Waals surface area contributed by atoms with E-state index in [4.69, 9.17) is 5.10 Å². The number of para-hydroxylation sites is 1. The highest BCUT2D eigenvalue weighted by Crippen LogP contribution is 2.44. The van der Waals surface area contributed by atoms with Gasteiger partial charge in [0, 0.05) is 80.8 Å². The summed E-state index contributed by atoms with van der Waals surface area (Å²) < 4.78 is 33.0. The number of nitrogens with zero attached hydrogens (tertiary/aromatic N) is 9. The molecule has 3 aliphatic rings. The van der Waals surface area contributed by atoms with Gasteiger partial charge in [-0.1, -0.05) is 12.1 Å². The third-order valence-electron chi connectivity index (χ3n) is 11.3. The van der Waals surface area contributed by atoms with Gasteiger partial charge in [0.05, 0.1) is 41.5 Å². The number of alkyl halides is 2. The second-order valence-corrected chi connectivity index (χ2v) is 16.1. The molecule has 2 N–H and O–H groups in total. The monoisotopic (exact) mass is 827 g/mol. The van der Waals surface area contributed by atoms with E-state index in [2.05, 4.69) is 30.3 Å². The van der Waals surface area contributed by atoms with E-state index < -0.39 is 17.3 Å². The Morgan fingerprint density at radius 1 is 1.07 bits per heavy atom. The van der Waals surface area contributed by atoms with Crippen LogP contribution in [0.1, 0.15) is 77.1 Å². The molecule has 0 saturated carbocycles. The van der Waals surface area contributed by atoms with E-state index in [1.807, 2.05) is 11.0 Å². The average Bonchev–Trinajstić information content (AvgIpc) is 3.93. The summed E-state index contributed by atoms with van der Waals surface area (Å²) in [5.41, 5.74) is 5.36. The van der Waals surface area contributed by atoms with Crippen molar-refractivity contribution in [2.24, 2.45) is 7.05 Å². The Labute approximate surface area is 341 Å². The molecule has 3 aliphatic heterocycles. The number of carbonyl (C=O) groups is 3. The lowest BCUT2D eigenvalue weighted by molar-refractivity contribution is -0.380. The molecule has 6 heterocycles. The van der Waals surface area contributed by atoms with E-state index in [1.165, 1.54) is 6.92 Å². The highest BCUT2D eigenvalue weighted by Gasteiger charge is 2.35. The van der Waals surface area contributed by atoms with Crippen molar-refractivity contribution < 1.29 is 28.1 Å². The SMILES string of the molecule is CC(=O)N1CCc2c(c(N3CCCc4cc(-c5cnn(C)c5)c(C(F)F)cc43)nn2C2CCN(CC(=O)Nc3ccccc3C(=O)Nc3nc(C)c([N+](=O)[O-])s3)CC2)C1. The minimum atomic E-state index is -2.70. The maximum atomic E-state index is 14.7. The zero-order chi connectivity index (χ0) is 41.5. The topological polar surface area (TPSA) is 177 Å². The van der Waals surface area contributed by atoms with Crippen LogP contribution in [0, 0.1) is 17.0 Å². The van der Waals surface area contributed by atoms with Gasteiger partial charge in [0.25, 0.3) is 12.3 Å². The summed E-state index contributed by atoms with van der Waals surface area (Å²) in [5.74, 6) is -0.207. The number of hydrogen-bond donors (Lipinski definition) is 2. The molecule has 1 saturated heterocycles. The smallest absolute Gasteiger partial charge is 0.338 e. The van der Waals surface area contributed by atoms with Gasteiger partial charge < -0.3 is 15.1 Å². The number of benzene rings is 2. The number of aryl methyl sites for hydroxylation is 3. The fourth-order valence-corrected chi connectivity index (χ4v) is 9.13. The zero-order valence-electron chi connectivity index (χ0n) is 32.8. The Balaban J connectivity index is 0.983. The third-order valence-corrected chi connectivity index (χ3v) is 12.3. The molecule has 308 valence electrons. The normalized spacial score (nSPS) is 15.9. The summed E-state index contributed by atoms with van der Waals surface area (Å²) in [6.45, 7) is 5.87. The number of fused-ring (bicyclic) bond motifs is 2. The second kappa shape index (κ2) is 16.3. The first-order valence-corrected chi connectivity index (χ1v) is 20.3. The van der Waals surface area contributed by atoms with Crippen LogP contribution in [0.2, 0.25) is 0 Å². The van der Waals surface area contributed by atoms with Crippen LogP contribution in [-0.2, 0) is 36.0 Å². The van der Waals surface area contributed by atoms with E-state index in [0.717, 1.165) is 41.0 Å². The van der Waals surface area contributed by atoms with Gasteiger partial charge in [-0.05, 0) is 79.3 Å². The maximum Gasteiger partial charge on any atom is 0.348 e. The number of thiazole rings is 1. The highest BCUT2D eigenvalue weighted by molar-refractivity contribution is 7.19. The van der Waals surface area contributed by atoms with Crippen LogP contribution < -0.4 is 15.5 Å². The molecular formula is C40H43F2N11O5S. The molecule has 2 aromatic carbocycles. The van der Waals surface area contributed by atoms with Crippen molar-refractivity contribution >= 4 is 56.4 Å². The second-order valence-electron chi connectivity index (χ2n) is 15.1. The standard InChI is InChI=1S/C40H43F2N11O5S/c1-23-39(53(57)58)59-40(44-23)46-38(56)28-8-4-5-9-32(28)45-35(55)22-49-14-10-27(11-15-49)52-33-12-16-50(24(2)54)21-31(33)37(47-52)51-13-6-7-25-17-29(26-19-43-48(3)20-26)30(36(41)42)18-34(25)51/h4-5,8-9,17-20,27,36H,6-7,10-16,21-22H2,1-3H3,(H,45,55)(H,44,46,56). The van der Waals surface area contributed by atoms with Crippen LogP contribution >= 0.6 is 11.3 Å². The average molecular weight is 828 g/mol. The Morgan fingerprint density at radius 3 is 2.54 bits per heavy atom. The summed E-state index contributed by atoms with van der Waals surface area (Å²) >= 11 is 0.761. The molecule has 0 spiro atoms. The molecule has 59 heavy (non-hydrogen) atoms. The zero-order valence-corrected chi connectivity index (χ0v) is 33.6. The van der Waals surface area contributed by atoms with Crippen LogP contribution in [0.25, 0.3) is 11.1 Å². The van der Waals surface area contributed by atoms with Gasteiger partial charge in [0.2, 0.25) is 11.8 Å². The van der Waals surface area contributed by atoms with Crippen LogP contribution in [0.15, 0.2) is 48.8 Å². The fourth-order valence-electron chi connectivity index (χ4n) is 8.36. The molecule has 1 fully saturated rings. The van der Waals surface area contributed by atoms with Gasteiger partial charge >= 0.3 is 5.00 Å². The quantitative estimate of drug-likeness (QED) is 0.118. The van der Waals surface area contributed by atoms with E-state index >= 15 is 0 Å². The van der Waals surface area contributed by atoms with Crippen molar-refractivity contribution in [1.82, 2.24) is 34.3 Å². The lowest BCUT2D eigenvalue weighted by Crippen LogP contribution is -2.40. The molecule has 16 nitrogen and oxygen atoms in total. The first-order valence-electron chi connectivity index (χ1n) is 19.5. The molecular weight excluding hydrogens is 785 g/mol. The van der Waals surface area contributed by atoms with E-state index in [0.29, 0.717) is 80.3 Å². The van der Waals surface area contributed by atoms with E-state index in [1.54, 1.807) is 66.3 Å². The van der Waals surface area contributed by atoms with Crippen molar-refractivity contribution in [3.05, 3.63) is 92.5 Å². The lowest BCUT2D eigenvalue weighted by atomic mass is 9.92. The Hall–Kier alpha value is -6.08. The predicted molar refractivity (Wildman–Crippen MR) is 217 cm³/mol. The number of amides is 3. The molecule has 0 aliphatic carbocycles. The van der Waals surface area contributed by atoms with Crippen molar-refractivity contribution in [2.75, 3.05) is 48.3 Å². The largest absolute Gasteiger partial charge is 0.348 e. The molecule has 3 aromatic heterocycles. The van der Waals surface area contributed by atoms with E-state index in [-0.39, 0.29) is 51.4 Å². The lowest BCUT2D eigenvalue weighted by Gasteiger charge is -2.33. The van der Waals surface area contributed by atoms with Gasteiger partial charge in [0.15, 0.2) is 10.9 Å². The number of hydrogen-bond acceptors (Lipinski definition) is 11. The van der Waals surface area contributed by atoms with Crippen LogP contribution in [-0.4, -0.2) is 89.7 Å². The Kier molecular flexibility index (Phi) is 11.0. The van der Waals surface area contributed by atoms with Crippen LogP contribution in [0.5, 0.6) is 0 Å². The number of aromatic nitrogens is 5. The minimum absolute atomic E-state index is 0.0178. The maximum absolute atomic E-state index is 14.7.